The van der Waals surface area contributed by atoms with Crippen molar-refractivity contribution in [1.29, 1.82) is 0 Å². The number of nitrogens with zero attached hydrogens (tertiary/aromatic N) is 3. The molecule has 5 aromatic rings. The number of benzene rings is 4. The van der Waals surface area contributed by atoms with Gasteiger partial charge in [0.15, 0.2) is 0 Å². The molecule has 0 saturated carbocycles. The molecule has 238 valence electrons. The highest BCUT2D eigenvalue weighted by Gasteiger charge is 2.59. The van der Waals surface area contributed by atoms with Crippen molar-refractivity contribution in [2.24, 2.45) is 0 Å². The molecule has 4 aromatic carbocycles. The lowest BCUT2D eigenvalue weighted by Crippen LogP contribution is -2.62. The number of piperazine rings is 1. The molecule has 1 atom stereocenters. The molecular formula is C38H33F3N4O2. The number of nitrogens with one attached hydrogen (secondary N) is 1. The zero-order chi connectivity index (χ0) is 32.5. The van der Waals surface area contributed by atoms with Gasteiger partial charge in [-0.05, 0) is 53.1 Å². The van der Waals surface area contributed by atoms with Crippen molar-refractivity contribution in [2.75, 3.05) is 36.1 Å². The van der Waals surface area contributed by atoms with Crippen molar-refractivity contribution in [3.05, 3.63) is 162 Å². The number of anilines is 2. The van der Waals surface area contributed by atoms with E-state index in [2.05, 4.69) is 15.2 Å². The molecule has 2 aliphatic rings. The number of halogens is 3. The maximum absolute atomic E-state index is 14.7. The van der Waals surface area contributed by atoms with Gasteiger partial charge in [-0.3, -0.25) is 10.2 Å². The number of pyridine rings is 1. The summed E-state index contributed by atoms with van der Waals surface area (Å²) < 4.78 is 49.2. The normalized spacial score (nSPS) is 18.5. The molecule has 0 amide bonds. The summed E-state index contributed by atoms with van der Waals surface area (Å²) in [6.45, 7) is 3.21. The number of hydrogen-bond acceptors (Lipinski definition) is 6. The van der Waals surface area contributed by atoms with Crippen LogP contribution in [0.1, 0.15) is 16.7 Å². The van der Waals surface area contributed by atoms with E-state index in [1.54, 1.807) is 24.4 Å². The number of ether oxygens (including phenoxy) is 1. The van der Waals surface area contributed by atoms with Crippen LogP contribution in [-0.2, 0) is 10.2 Å². The standard InChI is InChI=1S/C38H33F3N4O2/c39-38(40,41)35-27-36(19-25-47-35,45(46)31-16-17-33-32(26-31)34(18-20-43-33)44-23-21-42-22-24-44)37(28-10-4-1-5-11-28,29-12-6-2-7-13-29)30-14-8-3-9-15-30/h1-20,25-27,42,46H,21-24H2. The molecule has 3 heterocycles. The fourth-order valence-corrected chi connectivity index (χ4v) is 7.07. The molecule has 0 aliphatic carbocycles. The summed E-state index contributed by atoms with van der Waals surface area (Å²) in [6.07, 6.45) is 0.465. The van der Waals surface area contributed by atoms with Crippen molar-refractivity contribution in [3.63, 3.8) is 0 Å². The molecule has 0 radical (unpaired) electrons. The molecule has 0 spiro atoms. The second-order valence-electron chi connectivity index (χ2n) is 11.7. The third-order valence-corrected chi connectivity index (χ3v) is 9.12. The highest BCUT2D eigenvalue weighted by molar-refractivity contribution is 5.94. The molecule has 2 aliphatic heterocycles. The lowest BCUT2D eigenvalue weighted by atomic mass is 9.56. The van der Waals surface area contributed by atoms with Crippen LogP contribution in [0.15, 0.2) is 146 Å². The average molecular weight is 635 g/mol. The van der Waals surface area contributed by atoms with Gasteiger partial charge in [0.1, 0.15) is 5.54 Å². The molecule has 47 heavy (non-hydrogen) atoms. The summed E-state index contributed by atoms with van der Waals surface area (Å²) in [4.78, 5) is 6.82. The van der Waals surface area contributed by atoms with E-state index in [1.807, 2.05) is 97.1 Å². The van der Waals surface area contributed by atoms with Gasteiger partial charge in [-0.25, -0.2) is 5.06 Å². The highest BCUT2D eigenvalue weighted by atomic mass is 19.4. The van der Waals surface area contributed by atoms with Crippen molar-refractivity contribution in [1.82, 2.24) is 10.3 Å². The molecule has 1 aromatic heterocycles. The SMILES string of the molecule is ON(c1ccc2nccc(N3CCNCC3)c2c1)C1(C(c2ccccc2)(c2ccccc2)c2ccccc2)C=COC(C(F)(F)F)=C1. The lowest BCUT2D eigenvalue weighted by Gasteiger charge is -2.53. The minimum atomic E-state index is -4.84. The van der Waals surface area contributed by atoms with Crippen LogP contribution >= 0.6 is 0 Å². The molecule has 2 N–H and O–H groups in total. The minimum absolute atomic E-state index is 0.290. The monoisotopic (exact) mass is 634 g/mol. The second kappa shape index (κ2) is 12.2. The molecule has 6 nitrogen and oxygen atoms in total. The zero-order valence-corrected chi connectivity index (χ0v) is 25.4. The fourth-order valence-electron chi connectivity index (χ4n) is 7.07. The van der Waals surface area contributed by atoms with Crippen LogP contribution in [0.4, 0.5) is 24.5 Å². The largest absolute Gasteiger partial charge is 0.460 e. The maximum atomic E-state index is 14.7. The van der Waals surface area contributed by atoms with E-state index >= 15 is 0 Å². The summed E-state index contributed by atoms with van der Waals surface area (Å²) in [6, 6.07) is 35.2. The summed E-state index contributed by atoms with van der Waals surface area (Å²) in [5.41, 5.74) is 0.633. The van der Waals surface area contributed by atoms with E-state index in [0.717, 1.165) is 54.7 Å². The first-order valence-electron chi connectivity index (χ1n) is 15.5. The Morgan fingerprint density at radius 1 is 0.787 bits per heavy atom. The van der Waals surface area contributed by atoms with E-state index in [0.29, 0.717) is 27.9 Å². The Hall–Kier alpha value is -5.12. The number of rotatable bonds is 7. The van der Waals surface area contributed by atoms with E-state index < -0.39 is 22.9 Å². The molecule has 1 unspecified atom stereocenters. The van der Waals surface area contributed by atoms with Gasteiger partial charge in [0.2, 0.25) is 5.76 Å². The zero-order valence-electron chi connectivity index (χ0n) is 25.4. The number of fused-ring (bicyclic) bond motifs is 1. The number of aromatic nitrogens is 1. The Morgan fingerprint density at radius 3 is 1.91 bits per heavy atom. The first kappa shape index (κ1) is 30.5. The molecule has 0 bridgehead atoms. The van der Waals surface area contributed by atoms with Crippen molar-refractivity contribution >= 4 is 22.3 Å². The quantitative estimate of drug-likeness (QED) is 0.142. The average Bonchev–Trinajstić information content (AvgIpc) is 3.12. The number of allylic oxidation sites excluding steroid dienone is 1. The van der Waals surface area contributed by atoms with Gasteiger partial charge in [0, 0.05) is 43.4 Å². The predicted octanol–water partition coefficient (Wildman–Crippen LogP) is 7.60. The third-order valence-electron chi connectivity index (χ3n) is 9.12. The Kier molecular flexibility index (Phi) is 7.95. The van der Waals surface area contributed by atoms with Gasteiger partial charge in [0.25, 0.3) is 0 Å². The maximum Gasteiger partial charge on any atom is 0.449 e. The van der Waals surface area contributed by atoms with Gasteiger partial charge < -0.3 is 15.0 Å². The van der Waals surface area contributed by atoms with Crippen LogP contribution in [0.25, 0.3) is 10.9 Å². The Bertz CT molecular complexity index is 1810. The van der Waals surface area contributed by atoms with Crippen LogP contribution in [0.5, 0.6) is 0 Å². The highest BCUT2D eigenvalue weighted by Crippen LogP contribution is 2.54. The molecule has 7 rings (SSSR count). The van der Waals surface area contributed by atoms with Crippen LogP contribution in [0, 0.1) is 0 Å². The van der Waals surface area contributed by atoms with Crippen LogP contribution in [0.3, 0.4) is 0 Å². The van der Waals surface area contributed by atoms with Crippen molar-refractivity contribution in [2.45, 2.75) is 17.1 Å². The number of hydrogen-bond donors (Lipinski definition) is 2. The van der Waals surface area contributed by atoms with E-state index in [4.69, 9.17) is 4.74 Å². The second-order valence-corrected chi connectivity index (χ2v) is 11.7. The summed E-state index contributed by atoms with van der Waals surface area (Å²) in [5.74, 6) is -1.23. The number of alkyl halides is 3. The molecule has 1 saturated heterocycles. The Morgan fingerprint density at radius 2 is 1.36 bits per heavy atom. The topological polar surface area (TPSA) is 60.9 Å². The summed E-state index contributed by atoms with van der Waals surface area (Å²) in [5, 5.41) is 17.8. The van der Waals surface area contributed by atoms with Crippen LogP contribution in [-0.4, -0.2) is 48.1 Å². The summed E-state index contributed by atoms with van der Waals surface area (Å²) in [7, 11) is 0. The van der Waals surface area contributed by atoms with Gasteiger partial charge in [-0.2, -0.15) is 13.2 Å². The van der Waals surface area contributed by atoms with Crippen molar-refractivity contribution < 1.29 is 23.1 Å². The first-order valence-corrected chi connectivity index (χ1v) is 15.5. The minimum Gasteiger partial charge on any atom is -0.460 e. The lowest BCUT2D eigenvalue weighted by molar-refractivity contribution is -0.124. The molecular weight excluding hydrogens is 601 g/mol. The smallest absolute Gasteiger partial charge is 0.449 e. The Balaban J connectivity index is 1.56. The third kappa shape index (κ3) is 5.21. The fraction of sp³-hybridized carbons (Fsp3) is 0.184. The first-order chi connectivity index (χ1) is 22.8. The van der Waals surface area contributed by atoms with Crippen LogP contribution in [0.2, 0.25) is 0 Å². The Labute approximate surface area is 271 Å². The summed E-state index contributed by atoms with van der Waals surface area (Å²) >= 11 is 0. The van der Waals surface area contributed by atoms with E-state index in [1.165, 1.54) is 6.08 Å². The predicted molar refractivity (Wildman–Crippen MR) is 177 cm³/mol. The molecule has 9 heteroatoms. The van der Waals surface area contributed by atoms with Gasteiger partial charge in [0.05, 0.1) is 22.9 Å². The van der Waals surface area contributed by atoms with Gasteiger partial charge >= 0.3 is 6.18 Å². The van der Waals surface area contributed by atoms with Gasteiger partial charge in [-0.15, -0.1) is 0 Å². The van der Waals surface area contributed by atoms with E-state index in [-0.39, 0.29) is 0 Å². The van der Waals surface area contributed by atoms with E-state index in [9.17, 15) is 18.4 Å². The van der Waals surface area contributed by atoms with Gasteiger partial charge in [-0.1, -0.05) is 91.0 Å². The van der Waals surface area contributed by atoms with Crippen molar-refractivity contribution in [3.8, 4) is 0 Å². The number of hydroxylamine groups is 1. The molecule has 1 fully saturated rings. The van der Waals surface area contributed by atoms with Crippen LogP contribution < -0.4 is 15.3 Å².